The van der Waals surface area contributed by atoms with Gasteiger partial charge in [-0.2, -0.15) is 5.26 Å². The molecule has 142 valence electrons. The summed E-state index contributed by atoms with van der Waals surface area (Å²) in [5.74, 6) is 0.279. The quantitative estimate of drug-likeness (QED) is 0.737. The maximum atomic E-state index is 13.0. The minimum atomic E-state index is 0.0946. The highest BCUT2D eigenvalue weighted by Gasteiger charge is 2.21. The van der Waals surface area contributed by atoms with Gasteiger partial charge in [0.1, 0.15) is 0 Å². The summed E-state index contributed by atoms with van der Waals surface area (Å²) in [5.41, 5.74) is 1.71. The van der Waals surface area contributed by atoms with Crippen molar-refractivity contribution in [1.82, 2.24) is 14.4 Å². The Morgan fingerprint density at radius 3 is 2.74 bits per heavy atom. The van der Waals surface area contributed by atoms with Gasteiger partial charge in [0.2, 0.25) is 5.91 Å². The SMILES string of the molecule is CCC(=O)N1CCCN(CC(=O)c2cn(CCC#N)c3ccccc23)CC1. The first-order chi connectivity index (χ1) is 13.1. The molecule has 0 atom stereocenters. The summed E-state index contributed by atoms with van der Waals surface area (Å²) in [5, 5.41) is 9.81. The lowest BCUT2D eigenvalue weighted by Crippen LogP contribution is -2.36. The zero-order valence-corrected chi connectivity index (χ0v) is 15.9. The van der Waals surface area contributed by atoms with Gasteiger partial charge in [-0.3, -0.25) is 14.5 Å². The van der Waals surface area contributed by atoms with Crippen molar-refractivity contribution < 1.29 is 9.59 Å². The predicted molar refractivity (Wildman–Crippen MR) is 104 cm³/mol. The van der Waals surface area contributed by atoms with Gasteiger partial charge in [-0.05, 0) is 12.5 Å². The number of aromatic nitrogens is 1. The summed E-state index contributed by atoms with van der Waals surface area (Å²) in [7, 11) is 0. The molecule has 0 saturated carbocycles. The van der Waals surface area contributed by atoms with E-state index in [1.54, 1.807) is 0 Å². The molecule has 2 aromatic rings. The fourth-order valence-corrected chi connectivity index (χ4v) is 3.71. The Hall–Kier alpha value is -2.65. The molecule has 0 N–H and O–H groups in total. The van der Waals surface area contributed by atoms with Crippen LogP contribution >= 0.6 is 0 Å². The number of amides is 1. The maximum absolute atomic E-state index is 13.0. The van der Waals surface area contributed by atoms with Crippen molar-refractivity contribution in [1.29, 1.82) is 5.26 Å². The van der Waals surface area contributed by atoms with Crippen LogP contribution in [-0.2, 0) is 11.3 Å². The Morgan fingerprint density at radius 2 is 1.96 bits per heavy atom. The lowest BCUT2D eigenvalue weighted by molar-refractivity contribution is -0.130. The third-order valence-corrected chi connectivity index (χ3v) is 5.16. The number of rotatable bonds is 6. The van der Waals surface area contributed by atoms with Gasteiger partial charge in [0.15, 0.2) is 5.78 Å². The average Bonchev–Trinajstić information content (AvgIpc) is 2.90. The highest BCUT2D eigenvalue weighted by atomic mass is 16.2. The summed E-state index contributed by atoms with van der Waals surface area (Å²) in [6.45, 7) is 5.84. The second kappa shape index (κ2) is 8.83. The molecule has 2 heterocycles. The molecule has 0 aliphatic carbocycles. The van der Waals surface area contributed by atoms with E-state index in [4.69, 9.17) is 5.26 Å². The van der Waals surface area contributed by atoms with Crippen LogP contribution < -0.4 is 0 Å². The zero-order chi connectivity index (χ0) is 19.2. The molecule has 1 aromatic heterocycles. The molecule has 0 bridgehead atoms. The van der Waals surface area contributed by atoms with E-state index >= 15 is 0 Å². The van der Waals surface area contributed by atoms with Crippen molar-refractivity contribution in [2.75, 3.05) is 32.7 Å². The van der Waals surface area contributed by atoms with Crippen molar-refractivity contribution in [3.8, 4) is 6.07 Å². The fourth-order valence-electron chi connectivity index (χ4n) is 3.71. The van der Waals surface area contributed by atoms with Gasteiger partial charge in [-0.1, -0.05) is 25.1 Å². The van der Waals surface area contributed by atoms with E-state index in [9.17, 15) is 9.59 Å². The van der Waals surface area contributed by atoms with Crippen LogP contribution in [-0.4, -0.2) is 58.8 Å². The molecule has 0 unspecified atom stereocenters. The molecular weight excluding hydrogens is 340 g/mol. The molecule has 0 spiro atoms. The largest absolute Gasteiger partial charge is 0.346 e. The standard InChI is InChI=1S/C21H26N4O2/c1-2-21(27)24-12-6-10-23(13-14-24)16-20(26)18-15-25(11-5-9-22)19-8-4-3-7-17(18)19/h3-4,7-8,15H,2,5-6,10-14,16H2,1H3. The summed E-state index contributed by atoms with van der Waals surface area (Å²) >= 11 is 0. The molecule has 1 saturated heterocycles. The molecule has 1 aromatic carbocycles. The Kier molecular flexibility index (Phi) is 6.25. The van der Waals surface area contributed by atoms with Crippen molar-refractivity contribution in [2.24, 2.45) is 0 Å². The van der Waals surface area contributed by atoms with Crippen LogP contribution in [0.15, 0.2) is 30.5 Å². The lowest BCUT2D eigenvalue weighted by atomic mass is 10.1. The van der Waals surface area contributed by atoms with E-state index in [-0.39, 0.29) is 11.7 Å². The number of aryl methyl sites for hydroxylation is 1. The third-order valence-electron chi connectivity index (χ3n) is 5.16. The Morgan fingerprint density at radius 1 is 1.15 bits per heavy atom. The topological polar surface area (TPSA) is 69.3 Å². The lowest BCUT2D eigenvalue weighted by Gasteiger charge is -2.21. The van der Waals surface area contributed by atoms with E-state index < -0.39 is 0 Å². The van der Waals surface area contributed by atoms with Crippen LogP contribution in [0.2, 0.25) is 0 Å². The molecule has 1 aliphatic rings. The number of fused-ring (bicyclic) bond motifs is 1. The normalized spacial score (nSPS) is 15.5. The van der Waals surface area contributed by atoms with Crippen molar-refractivity contribution in [3.05, 3.63) is 36.0 Å². The monoisotopic (exact) mass is 366 g/mol. The van der Waals surface area contributed by atoms with Gasteiger partial charge in [0.05, 0.1) is 19.0 Å². The number of para-hydroxylation sites is 1. The molecule has 1 amide bonds. The van der Waals surface area contributed by atoms with Gasteiger partial charge in [-0.25, -0.2) is 0 Å². The van der Waals surface area contributed by atoms with E-state index in [1.807, 2.05) is 46.9 Å². The van der Waals surface area contributed by atoms with Crippen molar-refractivity contribution in [2.45, 2.75) is 32.7 Å². The molecule has 3 rings (SSSR count). The first-order valence-corrected chi connectivity index (χ1v) is 9.62. The fraction of sp³-hybridized carbons (Fsp3) is 0.476. The highest BCUT2D eigenvalue weighted by molar-refractivity contribution is 6.09. The smallest absolute Gasteiger partial charge is 0.222 e. The Labute approximate surface area is 160 Å². The second-order valence-electron chi connectivity index (χ2n) is 6.95. The number of hydrogen-bond acceptors (Lipinski definition) is 4. The van der Waals surface area contributed by atoms with Gasteiger partial charge < -0.3 is 9.47 Å². The molecule has 6 nitrogen and oxygen atoms in total. The predicted octanol–water partition coefficient (Wildman–Crippen LogP) is 2.68. The first kappa shape index (κ1) is 19.1. The summed E-state index contributed by atoms with van der Waals surface area (Å²) < 4.78 is 2.00. The third kappa shape index (κ3) is 4.37. The number of carbonyl (C=O) groups is 2. The Bertz CT molecular complexity index is 865. The van der Waals surface area contributed by atoms with Crippen LogP contribution in [0.5, 0.6) is 0 Å². The van der Waals surface area contributed by atoms with E-state index in [2.05, 4.69) is 11.0 Å². The number of hydrogen-bond donors (Lipinski definition) is 0. The number of nitriles is 1. The van der Waals surface area contributed by atoms with Gasteiger partial charge in [0, 0.05) is 61.8 Å². The molecule has 27 heavy (non-hydrogen) atoms. The molecule has 0 radical (unpaired) electrons. The summed E-state index contributed by atoms with van der Waals surface area (Å²) in [4.78, 5) is 29.0. The van der Waals surface area contributed by atoms with Crippen molar-refractivity contribution in [3.63, 3.8) is 0 Å². The Balaban J connectivity index is 1.73. The molecule has 6 heteroatoms. The number of benzene rings is 1. The van der Waals surface area contributed by atoms with Gasteiger partial charge >= 0.3 is 0 Å². The second-order valence-corrected chi connectivity index (χ2v) is 6.95. The minimum absolute atomic E-state index is 0.0946. The number of Topliss-reactive ketones (excluding diaryl/α,β-unsaturated/α-hetero) is 1. The van der Waals surface area contributed by atoms with E-state index in [0.29, 0.717) is 38.0 Å². The molecule has 1 fully saturated rings. The van der Waals surface area contributed by atoms with E-state index in [0.717, 1.165) is 37.0 Å². The number of nitrogens with zero attached hydrogens (tertiary/aromatic N) is 4. The number of ketones is 1. The van der Waals surface area contributed by atoms with Crippen LogP contribution in [0.4, 0.5) is 0 Å². The minimum Gasteiger partial charge on any atom is -0.346 e. The number of carbonyl (C=O) groups excluding carboxylic acids is 2. The van der Waals surface area contributed by atoms with Crippen LogP contribution in [0.1, 0.15) is 36.5 Å². The van der Waals surface area contributed by atoms with Crippen molar-refractivity contribution >= 4 is 22.6 Å². The highest BCUT2D eigenvalue weighted by Crippen LogP contribution is 2.22. The van der Waals surface area contributed by atoms with Gasteiger partial charge in [0.25, 0.3) is 0 Å². The van der Waals surface area contributed by atoms with Crippen LogP contribution in [0, 0.1) is 11.3 Å². The average molecular weight is 366 g/mol. The maximum Gasteiger partial charge on any atom is 0.222 e. The van der Waals surface area contributed by atoms with Crippen LogP contribution in [0.3, 0.4) is 0 Å². The summed E-state index contributed by atoms with van der Waals surface area (Å²) in [6.07, 6.45) is 3.72. The van der Waals surface area contributed by atoms with Gasteiger partial charge in [-0.15, -0.1) is 0 Å². The van der Waals surface area contributed by atoms with E-state index in [1.165, 1.54) is 0 Å². The van der Waals surface area contributed by atoms with Crippen LogP contribution in [0.25, 0.3) is 10.9 Å². The first-order valence-electron chi connectivity index (χ1n) is 9.62. The molecular formula is C21H26N4O2. The molecule has 1 aliphatic heterocycles. The summed E-state index contributed by atoms with van der Waals surface area (Å²) in [6, 6.07) is 10.0. The zero-order valence-electron chi connectivity index (χ0n) is 15.9.